The minimum Gasteiger partial charge on any atom is -0.383 e. The van der Waals surface area contributed by atoms with Gasteiger partial charge < -0.3 is 19.5 Å². The lowest BCUT2D eigenvalue weighted by Crippen LogP contribution is -2.46. The number of hydrogen-bond donors (Lipinski definition) is 1. The molecule has 1 aromatic carbocycles. The van der Waals surface area contributed by atoms with Gasteiger partial charge in [0, 0.05) is 51.2 Å². The molecule has 0 unspecified atom stereocenters. The van der Waals surface area contributed by atoms with Crippen LogP contribution in [0, 0.1) is 12.8 Å². The summed E-state index contributed by atoms with van der Waals surface area (Å²) < 4.78 is 7.05. The van der Waals surface area contributed by atoms with Gasteiger partial charge in [-0.25, -0.2) is 4.98 Å². The maximum Gasteiger partial charge on any atom is 0.225 e. The maximum atomic E-state index is 12.5. The smallest absolute Gasteiger partial charge is 0.225 e. The Bertz CT molecular complexity index is 785. The molecule has 0 saturated carbocycles. The van der Waals surface area contributed by atoms with Crippen LogP contribution in [0.1, 0.15) is 24.2 Å². The summed E-state index contributed by atoms with van der Waals surface area (Å²) in [6, 6.07) is 8.04. The van der Waals surface area contributed by atoms with Crippen molar-refractivity contribution >= 4 is 11.8 Å². The van der Waals surface area contributed by atoms with Gasteiger partial charge in [-0.3, -0.25) is 9.59 Å². The molecule has 0 aliphatic carbocycles. The number of rotatable bonds is 7. The lowest BCUT2D eigenvalue weighted by atomic mass is 9.96. The lowest BCUT2D eigenvalue weighted by molar-refractivity contribution is -0.138. The third-order valence-corrected chi connectivity index (χ3v) is 4.94. The number of imidazole rings is 1. The number of nitrogens with zero attached hydrogens (tertiary/aromatic N) is 3. The first-order valence-electron chi connectivity index (χ1n) is 9.22. The van der Waals surface area contributed by atoms with Crippen molar-refractivity contribution in [2.75, 3.05) is 26.8 Å². The number of hydrogen-bond acceptors (Lipinski definition) is 4. The highest BCUT2D eigenvalue weighted by Crippen LogP contribution is 2.18. The van der Waals surface area contributed by atoms with Crippen LogP contribution in [0.25, 0.3) is 5.69 Å². The second kappa shape index (κ2) is 8.81. The largest absolute Gasteiger partial charge is 0.383 e. The molecule has 3 rings (SSSR count). The van der Waals surface area contributed by atoms with Gasteiger partial charge in [0.05, 0.1) is 12.5 Å². The second-order valence-corrected chi connectivity index (χ2v) is 6.80. The van der Waals surface area contributed by atoms with Crippen LogP contribution in [-0.2, 0) is 20.9 Å². The minimum absolute atomic E-state index is 0.000512. The number of ether oxygens (including phenoxy) is 1. The van der Waals surface area contributed by atoms with Gasteiger partial charge in [0.2, 0.25) is 11.8 Å². The Labute approximate surface area is 159 Å². The average Bonchev–Trinajstić information content (AvgIpc) is 3.11. The van der Waals surface area contributed by atoms with E-state index in [-0.39, 0.29) is 17.7 Å². The van der Waals surface area contributed by atoms with Crippen molar-refractivity contribution in [1.82, 2.24) is 19.8 Å². The summed E-state index contributed by atoms with van der Waals surface area (Å²) in [5.74, 6) is 0.870. The number of piperidine rings is 1. The number of likely N-dealkylation sites (tertiary alicyclic amines) is 1. The van der Waals surface area contributed by atoms with Gasteiger partial charge in [-0.05, 0) is 31.0 Å². The van der Waals surface area contributed by atoms with Crippen molar-refractivity contribution < 1.29 is 14.3 Å². The molecule has 0 spiro atoms. The number of aromatic nitrogens is 2. The van der Waals surface area contributed by atoms with E-state index in [4.69, 9.17) is 4.74 Å². The van der Waals surface area contributed by atoms with Crippen molar-refractivity contribution in [2.24, 2.45) is 5.92 Å². The van der Waals surface area contributed by atoms with Crippen LogP contribution in [0.2, 0.25) is 0 Å². The lowest BCUT2D eigenvalue weighted by Gasteiger charge is -2.31. The molecule has 1 saturated heterocycles. The third-order valence-electron chi connectivity index (χ3n) is 4.94. The Morgan fingerprint density at radius 2 is 2.11 bits per heavy atom. The van der Waals surface area contributed by atoms with Crippen molar-refractivity contribution in [1.29, 1.82) is 0 Å². The zero-order chi connectivity index (χ0) is 19.2. The molecule has 7 heteroatoms. The first-order valence-corrected chi connectivity index (χ1v) is 9.22. The van der Waals surface area contributed by atoms with E-state index >= 15 is 0 Å². The van der Waals surface area contributed by atoms with Gasteiger partial charge in [-0.15, -0.1) is 0 Å². The van der Waals surface area contributed by atoms with Gasteiger partial charge in [-0.2, -0.15) is 0 Å². The molecule has 1 atom stereocenters. The van der Waals surface area contributed by atoms with E-state index < -0.39 is 0 Å². The number of carbonyl (C=O) groups excluding carboxylic acids is 2. The van der Waals surface area contributed by atoms with Crippen LogP contribution in [0.3, 0.4) is 0 Å². The normalized spacial score (nSPS) is 17.2. The average molecular weight is 370 g/mol. The van der Waals surface area contributed by atoms with Crippen molar-refractivity contribution in [3.63, 3.8) is 0 Å². The number of methoxy groups -OCH3 is 1. The Morgan fingerprint density at radius 1 is 1.33 bits per heavy atom. The summed E-state index contributed by atoms with van der Waals surface area (Å²) >= 11 is 0. The topological polar surface area (TPSA) is 76.5 Å². The highest BCUT2D eigenvalue weighted by molar-refractivity contribution is 5.83. The van der Waals surface area contributed by atoms with E-state index in [1.165, 1.54) is 0 Å². The standard InChI is InChI=1S/C20H26N4O3/c1-15-21-9-10-24(15)18-6-3-16(4-7-18)13-22-20(26)17-5-8-19(25)23(14-17)11-12-27-2/h3-4,6-7,9-10,17H,5,8,11-14H2,1-2H3,(H,22,26)/t17-/m0/s1. The molecule has 2 heterocycles. The molecule has 1 aliphatic heterocycles. The monoisotopic (exact) mass is 370 g/mol. The van der Waals surface area contributed by atoms with E-state index in [2.05, 4.69) is 10.3 Å². The molecule has 144 valence electrons. The van der Waals surface area contributed by atoms with Crippen LogP contribution < -0.4 is 5.32 Å². The number of carbonyl (C=O) groups is 2. The zero-order valence-electron chi connectivity index (χ0n) is 15.9. The van der Waals surface area contributed by atoms with Crippen molar-refractivity contribution in [2.45, 2.75) is 26.3 Å². The van der Waals surface area contributed by atoms with Crippen LogP contribution in [0.4, 0.5) is 0 Å². The molecule has 1 aliphatic rings. The SMILES string of the molecule is COCCN1C[C@@H](C(=O)NCc2ccc(-n3ccnc3C)cc2)CCC1=O. The number of benzene rings is 1. The summed E-state index contributed by atoms with van der Waals surface area (Å²) in [5.41, 5.74) is 2.08. The molecular formula is C20H26N4O3. The van der Waals surface area contributed by atoms with E-state index in [0.717, 1.165) is 17.1 Å². The Hall–Kier alpha value is -2.67. The van der Waals surface area contributed by atoms with E-state index in [1.807, 2.05) is 42.0 Å². The molecule has 2 aromatic rings. The number of amides is 2. The molecule has 27 heavy (non-hydrogen) atoms. The summed E-state index contributed by atoms with van der Waals surface area (Å²) in [6.07, 6.45) is 4.72. The highest BCUT2D eigenvalue weighted by atomic mass is 16.5. The van der Waals surface area contributed by atoms with Crippen molar-refractivity contribution in [3.8, 4) is 5.69 Å². The summed E-state index contributed by atoms with van der Waals surface area (Å²) in [5, 5.41) is 3.00. The maximum absolute atomic E-state index is 12.5. The first-order chi connectivity index (χ1) is 13.1. The van der Waals surface area contributed by atoms with E-state index in [0.29, 0.717) is 39.1 Å². The van der Waals surface area contributed by atoms with Gasteiger partial charge in [0.25, 0.3) is 0 Å². The van der Waals surface area contributed by atoms with E-state index in [1.54, 1.807) is 18.2 Å². The highest BCUT2D eigenvalue weighted by Gasteiger charge is 2.29. The predicted octanol–water partition coefficient (Wildman–Crippen LogP) is 1.68. The van der Waals surface area contributed by atoms with Crippen LogP contribution in [0.15, 0.2) is 36.7 Å². The molecule has 7 nitrogen and oxygen atoms in total. The summed E-state index contributed by atoms with van der Waals surface area (Å²) in [7, 11) is 1.61. The minimum atomic E-state index is -0.160. The molecule has 2 amide bonds. The van der Waals surface area contributed by atoms with Crippen molar-refractivity contribution in [3.05, 3.63) is 48.0 Å². The van der Waals surface area contributed by atoms with E-state index in [9.17, 15) is 9.59 Å². The van der Waals surface area contributed by atoms with Crippen LogP contribution in [-0.4, -0.2) is 53.1 Å². The summed E-state index contributed by atoms with van der Waals surface area (Å²) in [6.45, 7) is 3.92. The van der Waals surface area contributed by atoms with Gasteiger partial charge in [-0.1, -0.05) is 12.1 Å². The molecule has 0 radical (unpaired) electrons. The van der Waals surface area contributed by atoms with Crippen LogP contribution >= 0.6 is 0 Å². The van der Waals surface area contributed by atoms with Gasteiger partial charge in [0.15, 0.2) is 0 Å². The second-order valence-electron chi connectivity index (χ2n) is 6.80. The fourth-order valence-electron chi connectivity index (χ4n) is 3.31. The fourth-order valence-corrected chi connectivity index (χ4v) is 3.31. The molecular weight excluding hydrogens is 344 g/mol. The Balaban J connectivity index is 1.53. The Kier molecular flexibility index (Phi) is 6.24. The van der Waals surface area contributed by atoms with Gasteiger partial charge >= 0.3 is 0 Å². The molecule has 1 aromatic heterocycles. The zero-order valence-corrected chi connectivity index (χ0v) is 15.9. The number of aryl methyl sites for hydroxylation is 1. The molecule has 0 bridgehead atoms. The predicted molar refractivity (Wildman–Crippen MR) is 101 cm³/mol. The fraction of sp³-hybridized carbons (Fsp3) is 0.450. The summed E-state index contributed by atoms with van der Waals surface area (Å²) in [4.78, 5) is 30.4. The quantitative estimate of drug-likeness (QED) is 0.805. The number of nitrogens with one attached hydrogen (secondary N) is 1. The Morgan fingerprint density at radius 3 is 2.78 bits per heavy atom. The van der Waals surface area contributed by atoms with Crippen LogP contribution in [0.5, 0.6) is 0 Å². The first kappa shape index (κ1) is 19.1. The molecule has 1 fully saturated rings. The molecule has 1 N–H and O–H groups in total. The third kappa shape index (κ3) is 4.74. The van der Waals surface area contributed by atoms with Gasteiger partial charge in [0.1, 0.15) is 5.82 Å².